The molecule has 1 heterocycles. The number of rotatable bonds is 6. The van der Waals surface area contributed by atoms with E-state index in [0.29, 0.717) is 21.3 Å². The van der Waals surface area contributed by atoms with Crippen LogP contribution in [-0.2, 0) is 38.0 Å². The number of carbonyl (C=O) groups is 2. The molecule has 1 aromatic heterocycles. The van der Waals surface area contributed by atoms with Gasteiger partial charge in [-0.3, -0.25) is 0 Å². The highest BCUT2D eigenvalue weighted by Crippen LogP contribution is 2.46. The van der Waals surface area contributed by atoms with Crippen LogP contribution < -0.4 is 0 Å². The molecule has 2 atom stereocenters. The SMILES string of the molecule is COC(=O)C(O)(F)C(F)(F)c1ccc(C(F)(F)C(O)(F)C(=O)OC)n1C. The molecule has 0 aliphatic rings. The third kappa shape index (κ3) is 2.90. The lowest BCUT2D eigenvalue weighted by Crippen LogP contribution is -2.51. The number of alkyl halides is 6. The Bertz CT molecular complexity index is 656. The Labute approximate surface area is 141 Å². The van der Waals surface area contributed by atoms with Crippen molar-refractivity contribution >= 4 is 11.9 Å². The smallest absolute Gasteiger partial charge is 0.378 e. The molecule has 148 valence electrons. The second-order valence-corrected chi connectivity index (χ2v) is 5.04. The van der Waals surface area contributed by atoms with Gasteiger partial charge in [0.25, 0.3) is 0 Å². The quantitative estimate of drug-likeness (QED) is 0.550. The summed E-state index contributed by atoms with van der Waals surface area (Å²) in [6, 6.07) is 0.258. The van der Waals surface area contributed by atoms with Gasteiger partial charge in [0.15, 0.2) is 0 Å². The minimum atomic E-state index is -5.12. The normalized spacial score (nSPS) is 17.2. The topological polar surface area (TPSA) is 98.0 Å². The lowest BCUT2D eigenvalue weighted by atomic mass is 10.1. The number of carbonyl (C=O) groups excluding carboxylic acids is 2. The number of aliphatic hydroxyl groups is 2. The average molecular weight is 393 g/mol. The first-order chi connectivity index (χ1) is 11.6. The third-order valence-corrected chi connectivity index (χ3v) is 3.51. The van der Waals surface area contributed by atoms with Gasteiger partial charge in [0.05, 0.1) is 25.6 Å². The van der Waals surface area contributed by atoms with Crippen LogP contribution >= 0.6 is 0 Å². The molecule has 7 nitrogen and oxygen atoms in total. The first kappa shape index (κ1) is 21.8. The van der Waals surface area contributed by atoms with Crippen LogP contribution in [0.5, 0.6) is 0 Å². The molecule has 0 amide bonds. The fourth-order valence-corrected chi connectivity index (χ4v) is 2.01. The molecular weight excluding hydrogens is 380 g/mol. The Morgan fingerprint density at radius 2 is 1.12 bits per heavy atom. The Hall–Kier alpha value is -2.28. The molecule has 0 fully saturated rings. The van der Waals surface area contributed by atoms with Crippen LogP contribution in [0.1, 0.15) is 11.4 Å². The number of aromatic nitrogens is 1. The van der Waals surface area contributed by atoms with Gasteiger partial charge in [0.1, 0.15) is 0 Å². The predicted molar refractivity (Wildman–Crippen MR) is 69.3 cm³/mol. The highest BCUT2D eigenvalue weighted by molar-refractivity contribution is 5.79. The van der Waals surface area contributed by atoms with Crippen LogP contribution in [0.25, 0.3) is 0 Å². The van der Waals surface area contributed by atoms with E-state index in [4.69, 9.17) is 10.2 Å². The summed E-state index contributed by atoms with van der Waals surface area (Å²) in [6.07, 6.45) is 0. The van der Waals surface area contributed by atoms with Gasteiger partial charge in [-0.05, 0) is 12.1 Å². The van der Waals surface area contributed by atoms with Crippen LogP contribution in [0.3, 0.4) is 0 Å². The van der Waals surface area contributed by atoms with E-state index in [9.17, 15) is 35.9 Å². The van der Waals surface area contributed by atoms with Gasteiger partial charge in [-0.15, -0.1) is 0 Å². The third-order valence-electron chi connectivity index (χ3n) is 3.51. The van der Waals surface area contributed by atoms with Crippen molar-refractivity contribution in [2.24, 2.45) is 7.05 Å². The molecule has 26 heavy (non-hydrogen) atoms. The summed E-state index contributed by atoms with van der Waals surface area (Å²) in [5.74, 6) is -25.0. The number of halogens is 6. The summed E-state index contributed by atoms with van der Waals surface area (Å²) in [7, 11) is 1.42. The average Bonchev–Trinajstić information content (AvgIpc) is 2.95. The molecule has 13 heteroatoms. The first-order valence-corrected chi connectivity index (χ1v) is 6.52. The van der Waals surface area contributed by atoms with Gasteiger partial charge in [-0.2, -0.15) is 26.3 Å². The van der Waals surface area contributed by atoms with Crippen LogP contribution in [0.4, 0.5) is 26.3 Å². The Morgan fingerprint density at radius 1 is 0.846 bits per heavy atom. The van der Waals surface area contributed by atoms with Gasteiger partial charge in [-0.1, -0.05) is 0 Å². The molecule has 0 saturated heterocycles. The number of esters is 2. The van der Waals surface area contributed by atoms with Crippen molar-refractivity contribution < 1.29 is 55.6 Å². The van der Waals surface area contributed by atoms with E-state index in [1.165, 1.54) is 0 Å². The molecule has 2 N–H and O–H groups in total. The molecule has 1 rings (SSSR count). The van der Waals surface area contributed by atoms with Crippen molar-refractivity contribution in [1.82, 2.24) is 4.57 Å². The highest BCUT2D eigenvalue weighted by Gasteiger charge is 2.66. The minimum absolute atomic E-state index is 0.129. The number of nitrogens with zero attached hydrogens (tertiary/aromatic N) is 1. The second-order valence-electron chi connectivity index (χ2n) is 5.04. The number of hydrogen-bond donors (Lipinski definition) is 2. The summed E-state index contributed by atoms with van der Waals surface area (Å²) in [4.78, 5) is 22.0. The summed E-state index contributed by atoms with van der Waals surface area (Å²) >= 11 is 0. The van der Waals surface area contributed by atoms with E-state index in [2.05, 4.69) is 9.47 Å². The molecule has 0 spiro atoms. The van der Waals surface area contributed by atoms with Crippen LogP contribution in [-0.4, -0.2) is 52.6 Å². The van der Waals surface area contributed by atoms with E-state index >= 15 is 0 Å². The maximum absolute atomic E-state index is 14.1. The fourth-order valence-electron chi connectivity index (χ4n) is 2.01. The summed E-state index contributed by atoms with van der Waals surface area (Å²) in [5.41, 5.74) is -3.41. The van der Waals surface area contributed by atoms with E-state index in [-0.39, 0.29) is 16.7 Å². The van der Waals surface area contributed by atoms with Crippen molar-refractivity contribution in [1.29, 1.82) is 0 Å². The molecule has 2 unspecified atom stereocenters. The van der Waals surface area contributed by atoms with Crippen molar-refractivity contribution in [3.8, 4) is 0 Å². The van der Waals surface area contributed by atoms with Crippen molar-refractivity contribution in [2.45, 2.75) is 23.6 Å². The van der Waals surface area contributed by atoms with Crippen molar-refractivity contribution in [3.05, 3.63) is 23.5 Å². The lowest BCUT2D eigenvalue weighted by molar-refractivity contribution is -0.267. The van der Waals surface area contributed by atoms with Gasteiger partial charge in [-0.25, -0.2) is 9.59 Å². The molecule has 0 bridgehead atoms. The molecule has 0 radical (unpaired) electrons. The Morgan fingerprint density at radius 3 is 1.35 bits per heavy atom. The fraction of sp³-hybridized carbons (Fsp3) is 0.538. The zero-order chi connectivity index (χ0) is 20.7. The molecule has 0 aliphatic carbocycles. The molecule has 0 aromatic carbocycles. The van der Waals surface area contributed by atoms with Crippen molar-refractivity contribution in [2.75, 3.05) is 14.2 Å². The maximum Gasteiger partial charge on any atom is 0.378 e. The summed E-state index contributed by atoms with van der Waals surface area (Å²) in [5, 5.41) is 18.2. The first-order valence-electron chi connectivity index (χ1n) is 6.52. The monoisotopic (exact) mass is 393 g/mol. The Kier molecular flexibility index (Phi) is 5.41. The zero-order valence-electron chi connectivity index (χ0n) is 13.4. The van der Waals surface area contributed by atoms with E-state index in [1.807, 2.05) is 0 Å². The molecule has 0 aliphatic heterocycles. The number of methoxy groups -OCH3 is 2. The summed E-state index contributed by atoms with van der Waals surface area (Å²) < 4.78 is 91.2. The van der Waals surface area contributed by atoms with Gasteiger partial charge < -0.3 is 24.3 Å². The number of hydrogen-bond acceptors (Lipinski definition) is 6. The maximum atomic E-state index is 14.1. The molecular formula is C13H13F6NO6. The predicted octanol–water partition coefficient (Wildman–Crippen LogP) is 0.871. The van der Waals surface area contributed by atoms with Gasteiger partial charge in [0, 0.05) is 7.05 Å². The number of ether oxygens (including phenoxy) is 2. The van der Waals surface area contributed by atoms with Gasteiger partial charge >= 0.3 is 35.5 Å². The van der Waals surface area contributed by atoms with Crippen molar-refractivity contribution in [3.63, 3.8) is 0 Å². The summed E-state index contributed by atoms with van der Waals surface area (Å²) in [6.45, 7) is 0. The van der Waals surface area contributed by atoms with Gasteiger partial charge in [0.2, 0.25) is 0 Å². The van der Waals surface area contributed by atoms with E-state index < -0.39 is 46.9 Å². The second kappa shape index (κ2) is 6.46. The zero-order valence-corrected chi connectivity index (χ0v) is 13.4. The Balaban J connectivity index is 3.52. The highest BCUT2D eigenvalue weighted by atomic mass is 19.3. The van der Waals surface area contributed by atoms with Crippen LogP contribution in [0.15, 0.2) is 12.1 Å². The standard InChI is InChI=1S/C13H13F6NO6/c1-20-6(10(14,15)12(18,23)8(21)25-2)4-5-7(20)11(16,17)13(19,24)9(22)26-3/h4-5,23-24H,1-3H3. The van der Waals surface area contributed by atoms with E-state index in [1.54, 1.807) is 0 Å². The van der Waals surface area contributed by atoms with E-state index in [0.717, 1.165) is 0 Å². The minimum Gasteiger partial charge on any atom is -0.465 e. The lowest BCUT2D eigenvalue weighted by Gasteiger charge is -2.29. The largest absolute Gasteiger partial charge is 0.465 e. The van der Waals surface area contributed by atoms with Crippen LogP contribution in [0, 0.1) is 0 Å². The molecule has 0 saturated carbocycles. The van der Waals surface area contributed by atoms with Crippen LogP contribution in [0.2, 0.25) is 0 Å². The molecule has 1 aromatic rings.